The second-order valence-corrected chi connectivity index (χ2v) is 5.40. The van der Waals surface area contributed by atoms with Crippen molar-refractivity contribution in [2.75, 3.05) is 13.2 Å². The highest BCUT2D eigenvalue weighted by atomic mass is 35.5. The van der Waals surface area contributed by atoms with Gasteiger partial charge in [0.1, 0.15) is 0 Å². The maximum atomic E-state index is 9.66. The molecule has 1 unspecified atom stereocenters. The molecule has 1 aromatic rings. The highest BCUT2D eigenvalue weighted by molar-refractivity contribution is 6.31. The Balaban J connectivity index is 2.29. The molecular weight excluding hydrogens is 250 g/mol. The summed E-state index contributed by atoms with van der Waals surface area (Å²) in [4.78, 5) is 0. The standard InChI is InChI=1S/C13H22ClN3O/c1-3-10-12(14)11(17(4-2)16-10)8-13(9-18)6-5-7-15-13/h15,18H,3-9H2,1-2H3. The number of aryl methyl sites for hydroxylation is 2. The van der Waals surface area contributed by atoms with E-state index in [1.165, 1.54) is 0 Å². The number of hydrogen-bond donors (Lipinski definition) is 2. The van der Waals surface area contributed by atoms with E-state index in [0.717, 1.165) is 55.2 Å². The molecule has 18 heavy (non-hydrogen) atoms. The van der Waals surface area contributed by atoms with Crippen molar-refractivity contribution in [2.24, 2.45) is 0 Å². The number of rotatable bonds is 5. The Morgan fingerprint density at radius 1 is 1.50 bits per heavy atom. The number of aromatic nitrogens is 2. The molecule has 2 heterocycles. The Kier molecular flexibility index (Phi) is 4.30. The van der Waals surface area contributed by atoms with Gasteiger partial charge in [0, 0.05) is 18.5 Å². The summed E-state index contributed by atoms with van der Waals surface area (Å²) in [6.45, 7) is 6.07. The normalized spacial score (nSPS) is 23.8. The smallest absolute Gasteiger partial charge is 0.0850 e. The average Bonchev–Trinajstić information content (AvgIpc) is 2.97. The molecule has 0 bridgehead atoms. The zero-order valence-electron chi connectivity index (χ0n) is 11.2. The van der Waals surface area contributed by atoms with Crippen molar-refractivity contribution in [3.05, 3.63) is 16.4 Å². The predicted molar refractivity (Wildman–Crippen MR) is 73.0 cm³/mol. The summed E-state index contributed by atoms with van der Waals surface area (Å²) >= 11 is 6.41. The molecule has 1 aliphatic heterocycles. The van der Waals surface area contributed by atoms with Crippen molar-refractivity contribution in [3.63, 3.8) is 0 Å². The third-order valence-corrected chi connectivity index (χ3v) is 4.27. The van der Waals surface area contributed by atoms with Crippen molar-refractivity contribution < 1.29 is 5.11 Å². The number of halogens is 1. The van der Waals surface area contributed by atoms with Gasteiger partial charge in [0.2, 0.25) is 0 Å². The molecule has 0 aliphatic carbocycles. The monoisotopic (exact) mass is 271 g/mol. The molecular formula is C13H22ClN3O. The third-order valence-electron chi connectivity index (χ3n) is 3.83. The van der Waals surface area contributed by atoms with Gasteiger partial charge in [-0.2, -0.15) is 5.10 Å². The molecule has 1 saturated heterocycles. The lowest BCUT2D eigenvalue weighted by Gasteiger charge is -2.27. The molecule has 2 N–H and O–H groups in total. The van der Waals surface area contributed by atoms with E-state index in [2.05, 4.69) is 24.3 Å². The molecule has 0 radical (unpaired) electrons. The van der Waals surface area contributed by atoms with Crippen LogP contribution < -0.4 is 5.32 Å². The summed E-state index contributed by atoms with van der Waals surface area (Å²) < 4.78 is 1.97. The quantitative estimate of drug-likeness (QED) is 0.858. The fraction of sp³-hybridized carbons (Fsp3) is 0.769. The Morgan fingerprint density at radius 3 is 2.78 bits per heavy atom. The van der Waals surface area contributed by atoms with Gasteiger partial charge >= 0.3 is 0 Å². The average molecular weight is 272 g/mol. The van der Waals surface area contributed by atoms with Crippen LogP contribution >= 0.6 is 11.6 Å². The van der Waals surface area contributed by atoms with Crippen molar-refractivity contribution in [2.45, 2.75) is 51.6 Å². The molecule has 102 valence electrons. The van der Waals surface area contributed by atoms with E-state index in [4.69, 9.17) is 11.6 Å². The van der Waals surface area contributed by atoms with E-state index in [9.17, 15) is 5.11 Å². The number of nitrogens with zero attached hydrogens (tertiary/aromatic N) is 2. The van der Waals surface area contributed by atoms with Gasteiger partial charge in [0.25, 0.3) is 0 Å². The van der Waals surface area contributed by atoms with Crippen LogP contribution in [0.25, 0.3) is 0 Å². The van der Waals surface area contributed by atoms with Crippen LogP contribution in [0.15, 0.2) is 0 Å². The number of hydrogen-bond acceptors (Lipinski definition) is 3. The zero-order valence-corrected chi connectivity index (χ0v) is 11.9. The van der Waals surface area contributed by atoms with Gasteiger partial charge in [0.05, 0.1) is 23.0 Å². The van der Waals surface area contributed by atoms with Crippen molar-refractivity contribution in [3.8, 4) is 0 Å². The minimum absolute atomic E-state index is 0.152. The molecule has 5 heteroatoms. The fourth-order valence-corrected chi connectivity index (χ4v) is 3.05. The van der Waals surface area contributed by atoms with Gasteiger partial charge in [-0.05, 0) is 32.7 Å². The first-order valence-corrected chi connectivity index (χ1v) is 7.13. The van der Waals surface area contributed by atoms with Crippen LogP contribution in [0.1, 0.15) is 38.1 Å². The maximum Gasteiger partial charge on any atom is 0.0850 e. The van der Waals surface area contributed by atoms with Crippen molar-refractivity contribution in [1.82, 2.24) is 15.1 Å². The summed E-state index contributed by atoms with van der Waals surface area (Å²) in [6, 6.07) is 0. The summed E-state index contributed by atoms with van der Waals surface area (Å²) in [7, 11) is 0. The largest absolute Gasteiger partial charge is 0.394 e. The second-order valence-electron chi connectivity index (χ2n) is 5.02. The van der Waals surface area contributed by atoms with E-state index in [0.29, 0.717) is 0 Å². The van der Waals surface area contributed by atoms with Gasteiger partial charge in [-0.3, -0.25) is 4.68 Å². The zero-order chi connectivity index (χ0) is 13.2. The van der Waals surface area contributed by atoms with E-state index in [1.54, 1.807) is 0 Å². The Morgan fingerprint density at radius 2 is 2.28 bits per heavy atom. The first kappa shape index (κ1) is 13.8. The molecule has 0 amide bonds. The van der Waals surface area contributed by atoms with E-state index < -0.39 is 0 Å². The van der Waals surface area contributed by atoms with E-state index in [1.807, 2.05) is 4.68 Å². The Bertz CT molecular complexity index is 411. The van der Waals surface area contributed by atoms with Crippen LogP contribution in [-0.2, 0) is 19.4 Å². The third kappa shape index (κ3) is 2.42. The lowest BCUT2D eigenvalue weighted by molar-refractivity contribution is 0.175. The first-order chi connectivity index (χ1) is 8.65. The minimum atomic E-state index is -0.207. The molecule has 1 fully saturated rings. The summed E-state index contributed by atoms with van der Waals surface area (Å²) in [5.74, 6) is 0. The number of nitrogens with one attached hydrogen (secondary N) is 1. The molecule has 1 aromatic heterocycles. The van der Waals surface area contributed by atoms with Crippen LogP contribution in [0.5, 0.6) is 0 Å². The van der Waals surface area contributed by atoms with Gasteiger partial charge in [0.15, 0.2) is 0 Å². The molecule has 1 atom stereocenters. The molecule has 1 aliphatic rings. The van der Waals surface area contributed by atoms with Crippen molar-refractivity contribution >= 4 is 11.6 Å². The van der Waals surface area contributed by atoms with Crippen LogP contribution in [0.2, 0.25) is 5.02 Å². The molecule has 4 nitrogen and oxygen atoms in total. The molecule has 0 saturated carbocycles. The Hall–Kier alpha value is -0.580. The fourth-order valence-electron chi connectivity index (χ4n) is 2.72. The second kappa shape index (κ2) is 5.59. The highest BCUT2D eigenvalue weighted by Gasteiger charge is 2.35. The van der Waals surface area contributed by atoms with E-state index in [-0.39, 0.29) is 12.1 Å². The van der Waals surface area contributed by atoms with Crippen LogP contribution in [0.3, 0.4) is 0 Å². The SMILES string of the molecule is CCc1nn(CC)c(CC2(CO)CCCN2)c1Cl. The van der Waals surface area contributed by atoms with Gasteiger partial charge in [-0.25, -0.2) is 0 Å². The summed E-state index contributed by atoms with van der Waals surface area (Å²) in [5, 5.41) is 18.4. The minimum Gasteiger partial charge on any atom is -0.394 e. The van der Waals surface area contributed by atoms with Gasteiger partial charge in [-0.1, -0.05) is 18.5 Å². The van der Waals surface area contributed by atoms with Crippen LogP contribution in [-0.4, -0.2) is 33.6 Å². The molecule has 0 spiro atoms. The van der Waals surface area contributed by atoms with Crippen molar-refractivity contribution in [1.29, 1.82) is 0 Å². The number of aliphatic hydroxyl groups is 1. The van der Waals surface area contributed by atoms with E-state index >= 15 is 0 Å². The molecule has 0 aromatic carbocycles. The maximum absolute atomic E-state index is 9.66. The van der Waals surface area contributed by atoms with Crippen LogP contribution in [0, 0.1) is 0 Å². The topological polar surface area (TPSA) is 50.1 Å². The van der Waals surface area contributed by atoms with Crippen LogP contribution in [0.4, 0.5) is 0 Å². The highest BCUT2D eigenvalue weighted by Crippen LogP contribution is 2.29. The predicted octanol–water partition coefficient (Wildman–Crippen LogP) is 1.78. The summed E-state index contributed by atoms with van der Waals surface area (Å²) in [6.07, 6.45) is 3.71. The van der Waals surface area contributed by atoms with Gasteiger partial charge in [-0.15, -0.1) is 0 Å². The summed E-state index contributed by atoms with van der Waals surface area (Å²) in [5.41, 5.74) is 1.81. The lowest BCUT2D eigenvalue weighted by atomic mass is 9.92. The lowest BCUT2D eigenvalue weighted by Crippen LogP contribution is -2.46. The first-order valence-electron chi connectivity index (χ1n) is 6.75. The van der Waals surface area contributed by atoms with Gasteiger partial charge < -0.3 is 10.4 Å². The Labute approximate surface area is 113 Å². The number of aliphatic hydroxyl groups excluding tert-OH is 1. The molecule has 2 rings (SSSR count).